The summed E-state index contributed by atoms with van der Waals surface area (Å²) >= 11 is 0. The first-order valence-electron chi connectivity index (χ1n) is 9.72. The van der Waals surface area contributed by atoms with E-state index in [2.05, 4.69) is 10.6 Å². The standard InChI is InChI=1S/C22H25N3O6/c1-12-4-7-15(24-21(27)13-5-6-13)10-16(12)25-22(28)14-8-17(29-2)20(18(9-14)30-3)31-11-19(23)26/h4,7-10,13H,5-6,11H2,1-3H3,(H2,23,26)(H,24,27)(H,25,28). The minimum absolute atomic E-state index is 0.0119. The summed E-state index contributed by atoms with van der Waals surface area (Å²) in [6.45, 7) is 1.49. The molecule has 9 heteroatoms. The zero-order valence-electron chi connectivity index (χ0n) is 17.6. The predicted molar refractivity (Wildman–Crippen MR) is 115 cm³/mol. The SMILES string of the molecule is COc1cc(C(=O)Nc2cc(NC(=O)C3CC3)ccc2C)cc(OC)c1OCC(N)=O. The summed E-state index contributed by atoms with van der Waals surface area (Å²) in [6, 6.07) is 8.28. The highest BCUT2D eigenvalue weighted by Crippen LogP contribution is 2.39. The lowest BCUT2D eigenvalue weighted by atomic mass is 10.1. The van der Waals surface area contributed by atoms with E-state index < -0.39 is 11.8 Å². The maximum absolute atomic E-state index is 12.9. The van der Waals surface area contributed by atoms with Gasteiger partial charge in [-0.1, -0.05) is 6.07 Å². The number of ether oxygens (including phenoxy) is 3. The molecule has 0 radical (unpaired) electrons. The molecule has 0 spiro atoms. The van der Waals surface area contributed by atoms with Crippen LogP contribution >= 0.6 is 0 Å². The van der Waals surface area contributed by atoms with Crippen LogP contribution in [0.1, 0.15) is 28.8 Å². The molecule has 1 fully saturated rings. The molecule has 4 N–H and O–H groups in total. The number of benzene rings is 2. The van der Waals surface area contributed by atoms with Gasteiger partial charge in [0.15, 0.2) is 18.1 Å². The minimum atomic E-state index is -0.657. The summed E-state index contributed by atoms with van der Waals surface area (Å²) < 4.78 is 15.9. The van der Waals surface area contributed by atoms with Gasteiger partial charge in [0.25, 0.3) is 11.8 Å². The highest BCUT2D eigenvalue weighted by molar-refractivity contribution is 6.06. The molecule has 0 atom stereocenters. The number of primary amides is 1. The third kappa shape index (κ3) is 5.44. The monoisotopic (exact) mass is 427 g/mol. The number of hydrogen-bond donors (Lipinski definition) is 3. The number of amides is 3. The molecule has 2 aromatic rings. The van der Waals surface area contributed by atoms with Gasteiger partial charge in [-0.25, -0.2) is 0 Å². The van der Waals surface area contributed by atoms with Crippen molar-refractivity contribution < 1.29 is 28.6 Å². The summed E-state index contributed by atoms with van der Waals surface area (Å²) in [6.07, 6.45) is 1.81. The number of carbonyl (C=O) groups is 3. The molecule has 3 rings (SSSR count). The van der Waals surface area contributed by atoms with Crippen LogP contribution in [0.3, 0.4) is 0 Å². The minimum Gasteiger partial charge on any atom is -0.493 e. The average Bonchev–Trinajstić information content (AvgIpc) is 3.59. The number of rotatable bonds is 9. The first-order chi connectivity index (χ1) is 14.8. The Kier molecular flexibility index (Phi) is 6.64. The van der Waals surface area contributed by atoms with Crippen molar-refractivity contribution in [3.63, 3.8) is 0 Å². The van der Waals surface area contributed by atoms with Crippen molar-refractivity contribution in [2.45, 2.75) is 19.8 Å². The van der Waals surface area contributed by atoms with Crippen molar-refractivity contribution >= 4 is 29.1 Å². The zero-order valence-corrected chi connectivity index (χ0v) is 17.6. The number of anilines is 2. The number of nitrogens with one attached hydrogen (secondary N) is 2. The normalized spacial score (nSPS) is 12.6. The molecular formula is C22H25N3O6. The summed E-state index contributed by atoms with van der Waals surface area (Å²) in [5.41, 5.74) is 7.39. The van der Waals surface area contributed by atoms with Gasteiger partial charge < -0.3 is 30.6 Å². The molecule has 1 saturated carbocycles. The smallest absolute Gasteiger partial charge is 0.255 e. The highest BCUT2D eigenvalue weighted by atomic mass is 16.5. The second-order valence-corrected chi connectivity index (χ2v) is 7.21. The Labute approximate surface area is 179 Å². The molecule has 0 heterocycles. The molecule has 0 aromatic heterocycles. The van der Waals surface area contributed by atoms with Gasteiger partial charge in [-0.3, -0.25) is 14.4 Å². The van der Waals surface area contributed by atoms with Gasteiger partial charge in [0.05, 0.1) is 14.2 Å². The fraction of sp³-hybridized carbons (Fsp3) is 0.318. The third-order valence-corrected chi connectivity index (χ3v) is 4.78. The summed E-state index contributed by atoms with van der Waals surface area (Å²) in [4.78, 5) is 36.0. The summed E-state index contributed by atoms with van der Waals surface area (Å²) in [5.74, 6) is -0.402. The van der Waals surface area contributed by atoms with Gasteiger partial charge in [-0.05, 0) is 49.6 Å². The van der Waals surface area contributed by atoms with Crippen molar-refractivity contribution in [3.05, 3.63) is 41.5 Å². The van der Waals surface area contributed by atoms with Gasteiger partial charge >= 0.3 is 0 Å². The lowest BCUT2D eigenvalue weighted by Gasteiger charge is -2.16. The predicted octanol–water partition coefficient (Wildman–Crippen LogP) is 2.48. The Hall–Kier alpha value is -3.75. The van der Waals surface area contributed by atoms with Crippen LogP contribution in [0.4, 0.5) is 11.4 Å². The number of carbonyl (C=O) groups excluding carboxylic acids is 3. The Morgan fingerprint density at radius 1 is 1.03 bits per heavy atom. The first-order valence-corrected chi connectivity index (χ1v) is 9.72. The van der Waals surface area contributed by atoms with Crippen LogP contribution < -0.4 is 30.6 Å². The van der Waals surface area contributed by atoms with Crippen molar-refractivity contribution in [1.29, 1.82) is 0 Å². The van der Waals surface area contributed by atoms with E-state index in [1.165, 1.54) is 26.4 Å². The fourth-order valence-corrected chi connectivity index (χ4v) is 2.92. The van der Waals surface area contributed by atoms with E-state index in [1.54, 1.807) is 12.1 Å². The van der Waals surface area contributed by atoms with Crippen LogP contribution in [0.15, 0.2) is 30.3 Å². The highest BCUT2D eigenvalue weighted by Gasteiger charge is 2.29. The maximum Gasteiger partial charge on any atom is 0.255 e. The van der Waals surface area contributed by atoms with Crippen LogP contribution in [-0.2, 0) is 9.59 Å². The van der Waals surface area contributed by atoms with Gasteiger partial charge in [0.2, 0.25) is 11.7 Å². The van der Waals surface area contributed by atoms with E-state index in [4.69, 9.17) is 19.9 Å². The molecule has 1 aliphatic carbocycles. The van der Waals surface area contributed by atoms with Crippen LogP contribution in [0.2, 0.25) is 0 Å². The van der Waals surface area contributed by atoms with E-state index in [0.717, 1.165) is 18.4 Å². The summed E-state index contributed by atoms with van der Waals surface area (Å²) in [7, 11) is 2.81. The molecule has 164 valence electrons. The van der Waals surface area contributed by atoms with E-state index in [-0.39, 0.29) is 41.2 Å². The van der Waals surface area contributed by atoms with Gasteiger partial charge in [-0.2, -0.15) is 0 Å². The second-order valence-electron chi connectivity index (χ2n) is 7.21. The largest absolute Gasteiger partial charge is 0.493 e. The zero-order chi connectivity index (χ0) is 22.5. The molecular weight excluding hydrogens is 402 g/mol. The Bertz CT molecular complexity index is 991. The Morgan fingerprint density at radius 3 is 2.23 bits per heavy atom. The number of methoxy groups -OCH3 is 2. The molecule has 1 aliphatic rings. The molecule has 0 unspecified atom stereocenters. The second kappa shape index (κ2) is 9.38. The van der Waals surface area contributed by atoms with E-state index >= 15 is 0 Å². The van der Waals surface area contributed by atoms with Gasteiger partial charge in [0, 0.05) is 22.9 Å². The third-order valence-electron chi connectivity index (χ3n) is 4.78. The Morgan fingerprint density at radius 2 is 1.68 bits per heavy atom. The van der Waals surface area contributed by atoms with Crippen molar-refractivity contribution in [2.75, 3.05) is 31.5 Å². The maximum atomic E-state index is 12.9. The fourth-order valence-electron chi connectivity index (χ4n) is 2.92. The van der Waals surface area contributed by atoms with Crippen molar-refractivity contribution in [1.82, 2.24) is 0 Å². The van der Waals surface area contributed by atoms with Crippen LogP contribution in [0.5, 0.6) is 17.2 Å². The lowest BCUT2D eigenvalue weighted by molar-refractivity contribution is -0.120. The number of aryl methyl sites for hydroxylation is 1. The van der Waals surface area contributed by atoms with Crippen molar-refractivity contribution in [2.24, 2.45) is 11.7 Å². The molecule has 31 heavy (non-hydrogen) atoms. The van der Waals surface area contributed by atoms with Crippen LogP contribution in [0.25, 0.3) is 0 Å². The molecule has 9 nitrogen and oxygen atoms in total. The molecule has 0 aliphatic heterocycles. The van der Waals surface area contributed by atoms with Crippen LogP contribution in [-0.4, -0.2) is 38.5 Å². The topological polar surface area (TPSA) is 129 Å². The average molecular weight is 427 g/mol. The van der Waals surface area contributed by atoms with E-state index in [1.807, 2.05) is 13.0 Å². The van der Waals surface area contributed by atoms with E-state index in [9.17, 15) is 14.4 Å². The van der Waals surface area contributed by atoms with E-state index in [0.29, 0.717) is 11.4 Å². The number of nitrogens with two attached hydrogens (primary N) is 1. The quantitative estimate of drug-likeness (QED) is 0.564. The lowest BCUT2D eigenvalue weighted by Crippen LogP contribution is -2.20. The Balaban J connectivity index is 1.82. The van der Waals surface area contributed by atoms with Crippen molar-refractivity contribution in [3.8, 4) is 17.2 Å². The molecule has 3 amide bonds. The van der Waals surface area contributed by atoms with Gasteiger partial charge in [0.1, 0.15) is 0 Å². The molecule has 2 aromatic carbocycles. The summed E-state index contributed by atoms with van der Waals surface area (Å²) in [5, 5.41) is 5.71. The molecule has 0 bridgehead atoms. The first kappa shape index (κ1) is 21.9. The van der Waals surface area contributed by atoms with Gasteiger partial charge in [-0.15, -0.1) is 0 Å². The number of hydrogen-bond acceptors (Lipinski definition) is 6. The molecule has 0 saturated heterocycles. The van der Waals surface area contributed by atoms with Crippen LogP contribution in [0, 0.1) is 12.8 Å².